The molecule has 0 saturated carbocycles. The van der Waals surface area contributed by atoms with Crippen LogP contribution in [-0.4, -0.2) is 44.5 Å². The molecule has 2 aliphatic rings. The Labute approximate surface area is 140 Å². The first-order valence-electron chi connectivity index (χ1n) is 7.67. The third kappa shape index (κ3) is 2.55. The number of nitrogens with one attached hydrogen (secondary N) is 1. The zero-order chi connectivity index (χ0) is 16.7. The summed E-state index contributed by atoms with van der Waals surface area (Å²) in [6, 6.07) is 15.0. The zero-order valence-corrected chi connectivity index (χ0v) is 13.6. The summed E-state index contributed by atoms with van der Waals surface area (Å²) in [7, 11) is -3.66. The van der Waals surface area contributed by atoms with E-state index in [-0.39, 0.29) is 17.3 Å². The summed E-state index contributed by atoms with van der Waals surface area (Å²) in [6.45, 7) is 0.626. The van der Waals surface area contributed by atoms with Crippen LogP contribution < -0.4 is 9.46 Å². The molecule has 0 aliphatic carbocycles. The summed E-state index contributed by atoms with van der Waals surface area (Å²) in [5.41, 5.74) is 0.581. The number of nitrogens with zero attached hydrogens (tertiary/aromatic N) is 1. The number of hydrogen-bond acceptors (Lipinski definition) is 4. The largest absolute Gasteiger partial charge is 0.485 e. The standard InChI is InChI=1S/C17H16N2O4S/c20-17(12-6-2-1-3-7-12)19-10-13-15(11-19)23-14-8-4-5-9-16(14)24(21,22)18-13/h1-9,13,15,18H,10-11H2/t13-,15+/m1/s1. The Kier molecular flexibility index (Phi) is 3.54. The highest BCUT2D eigenvalue weighted by Crippen LogP contribution is 2.30. The minimum Gasteiger partial charge on any atom is -0.485 e. The van der Waals surface area contributed by atoms with E-state index in [2.05, 4.69) is 4.72 Å². The Hall–Kier alpha value is -2.38. The quantitative estimate of drug-likeness (QED) is 0.845. The molecular formula is C17H16N2O4S. The molecule has 1 amide bonds. The predicted octanol–water partition coefficient (Wildman–Crippen LogP) is 1.25. The molecule has 2 heterocycles. The van der Waals surface area contributed by atoms with Gasteiger partial charge in [0.15, 0.2) is 0 Å². The van der Waals surface area contributed by atoms with Gasteiger partial charge in [-0.2, -0.15) is 0 Å². The SMILES string of the molecule is O=C(c1ccccc1)N1C[C@@H]2Oc3ccccc3S(=O)(=O)N[C@@H]2C1. The van der Waals surface area contributed by atoms with E-state index < -0.39 is 22.2 Å². The number of benzene rings is 2. The third-order valence-electron chi connectivity index (χ3n) is 4.30. The van der Waals surface area contributed by atoms with Crippen LogP contribution >= 0.6 is 0 Å². The molecular weight excluding hydrogens is 328 g/mol. The molecule has 2 aromatic rings. The highest BCUT2D eigenvalue weighted by Gasteiger charge is 2.42. The van der Waals surface area contributed by atoms with Crippen LogP contribution in [0.2, 0.25) is 0 Å². The zero-order valence-electron chi connectivity index (χ0n) is 12.8. The van der Waals surface area contributed by atoms with Gasteiger partial charge in [-0.3, -0.25) is 4.79 Å². The number of rotatable bonds is 1. The second kappa shape index (κ2) is 5.61. The first-order chi connectivity index (χ1) is 11.5. The van der Waals surface area contributed by atoms with E-state index in [0.717, 1.165) is 0 Å². The van der Waals surface area contributed by atoms with Crippen molar-refractivity contribution in [2.24, 2.45) is 0 Å². The number of ether oxygens (including phenoxy) is 1. The Morgan fingerprint density at radius 3 is 2.54 bits per heavy atom. The van der Waals surface area contributed by atoms with Crippen molar-refractivity contribution in [3.05, 3.63) is 60.2 Å². The normalized spacial score (nSPS) is 24.4. The molecule has 7 heteroatoms. The summed E-state index contributed by atoms with van der Waals surface area (Å²) in [6.07, 6.45) is -0.406. The second-order valence-corrected chi connectivity index (χ2v) is 7.59. The van der Waals surface area contributed by atoms with Gasteiger partial charge in [0.05, 0.1) is 12.6 Å². The van der Waals surface area contributed by atoms with Gasteiger partial charge in [-0.1, -0.05) is 30.3 Å². The molecule has 0 bridgehead atoms. The van der Waals surface area contributed by atoms with E-state index in [4.69, 9.17) is 4.74 Å². The van der Waals surface area contributed by atoms with E-state index in [9.17, 15) is 13.2 Å². The maximum Gasteiger partial charge on any atom is 0.254 e. The Balaban J connectivity index is 1.62. The molecule has 1 saturated heterocycles. The predicted molar refractivity (Wildman–Crippen MR) is 87.3 cm³/mol. The van der Waals surface area contributed by atoms with Crippen LogP contribution in [0.4, 0.5) is 0 Å². The number of hydrogen-bond donors (Lipinski definition) is 1. The molecule has 0 unspecified atom stereocenters. The molecule has 2 atom stereocenters. The van der Waals surface area contributed by atoms with Crippen molar-refractivity contribution < 1.29 is 17.9 Å². The van der Waals surface area contributed by atoms with Crippen molar-refractivity contribution in [1.82, 2.24) is 9.62 Å². The third-order valence-corrected chi connectivity index (χ3v) is 5.83. The molecule has 6 nitrogen and oxygen atoms in total. The van der Waals surface area contributed by atoms with Crippen LogP contribution in [0.15, 0.2) is 59.5 Å². The van der Waals surface area contributed by atoms with E-state index >= 15 is 0 Å². The lowest BCUT2D eigenvalue weighted by Crippen LogP contribution is -2.42. The van der Waals surface area contributed by atoms with Crippen molar-refractivity contribution in [3.63, 3.8) is 0 Å². The Morgan fingerprint density at radius 1 is 1.04 bits per heavy atom. The van der Waals surface area contributed by atoms with Crippen molar-refractivity contribution >= 4 is 15.9 Å². The number of para-hydroxylation sites is 1. The van der Waals surface area contributed by atoms with Crippen LogP contribution in [0.1, 0.15) is 10.4 Å². The van der Waals surface area contributed by atoms with E-state index in [1.165, 1.54) is 6.07 Å². The molecule has 24 heavy (non-hydrogen) atoms. The van der Waals surface area contributed by atoms with Gasteiger partial charge in [0.1, 0.15) is 16.7 Å². The Morgan fingerprint density at radius 2 is 1.75 bits per heavy atom. The summed E-state index contributed by atoms with van der Waals surface area (Å²) in [5.74, 6) is 0.200. The smallest absolute Gasteiger partial charge is 0.254 e. The van der Waals surface area contributed by atoms with Gasteiger partial charge in [-0.05, 0) is 24.3 Å². The molecule has 2 aliphatic heterocycles. The van der Waals surface area contributed by atoms with Crippen LogP contribution in [0, 0.1) is 0 Å². The number of carbonyl (C=O) groups is 1. The number of amides is 1. The van der Waals surface area contributed by atoms with Crippen LogP contribution in [-0.2, 0) is 10.0 Å². The average molecular weight is 344 g/mol. The fourth-order valence-electron chi connectivity index (χ4n) is 3.13. The first-order valence-corrected chi connectivity index (χ1v) is 9.15. The molecule has 4 rings (SSSR count). The topological polar surface area (TPSA) is 75.7 Å². The molecule has 0 aromatic heterocycles. The summed E-state index contributed by atoms with van der Waals surface area (Å²) >= 11 is 0. The van der Waals surface area contributed by atoms with Gasteiger partial charge in [-0.25, -0.2) is 13.1 Å². The lowest BCUT2D eigenvalue weighted by molar-refractivity contribution is 0.0771. The van der Waals surface area contributed by atoms with Crippen molar-refractivity contribution in [3.8, 4) is 5.75 Å². The fourth-order valence-corrected chi connectivity index (χ4v) is 4.52. The number of fused-ring (bicyclic) bond motifs is 2. The second-order valence-electron chi connectivity index (χ2n) is 5.91. The molecule has 0 radical (unpaired) electrons. The highest BCUT2D eigenvalue weighted by molar-refractivity contribution is 7.89. The molecule has 0 spiro atoms. The van der Waals surface area contributed by atoms with Crippen molar-refractivity contribution in [1.29, 1.82) is 0 Å². The van der Waals surface area contributed by atoms with Crippen LogP contribution in [0.25, 0.3) is 0 Å². The van der Waals surface area contributed by atoms with Gasteiger partial charge in [0, 0.05) is 12.1 Å². The lowest BCUT2D eigenvalue weighted by Gasteiger charge is -2.17. The van der Waals surface area contributed by atoms with Crippen LogP contribution in [0.5, 0.6) is 5.75 Å². The molecule has 1 N–H and O–H groups in total. The monoisotopic (exact) mass is 344 g/mol. The molecule has 124 valence electrons. The number of likely N-dealkylation sites (tertiary alicyclic amines) is 1. The van der Waals surface area contributed by atoms with Gasteiger partial charge < -0.3 is 9.64 Å². The minimum absolute atomic E-state index is 0.125. The van der Waals surface area contributed by atoms with E-state index in [1.54, 1.807) is 47.4 Å². The van der Waals surface area contributed by atoms with Crippen LogP contribution in [0.3, 0.4) is 0 Å². The fraction of sp³-hybridized carbons (Fsp3) is 0.235. The maximum atomic E-state index is 12.6. The average Bonchev–Trinajstić information content (AvgIpc) is 2.92. The molecule has 1 fully saturated rings. The number of sulfonamides is 1. The highest BCUT2D eigenvalue weighted by atomic mass is 32.2. The molecule has 2 aromatic carbocycles. The lowest BCUT2D eigenvalue weighted by atomic mass is 10.2. The van der Waals surface area contributed by atoms with Gasteiger partial charge >= 0.3 is 0 Å². The van der Waals surface area contributed by atoms with Crippen molar-refractivity contribution in [2.75, 3.05) is 13.1 Å². The number of carbonyl (C=O) groups excluding carboxylic acids is 1. The summed E-state index contributed by atoms with van der Waals surface area (Å²) in [5, 5.41) is 0. The summed E-state index contributed by atoms with van der Waals surface area (Å²) < 4.78 is 33.5. The Bertz CT molecular complexity index is 882. The van der Waals surface area contributed by atoms with Gasteiger partial charge in [0.2, 0.25) is 10.0 Å². The van der Waals surface area contributed by atoms with Gasteiger partial charge in [0.25, 0.3) is 5.91 Å². The first kappa shape index (κ1) is 15.2. The van der Waals surface area contributed by atoms with Gasteiger partial charge in [-0.15, -0.1) is 0 Å². The summed E-state index contributed by atoms with van der Waals surface area (Å²) in [4.78, 5) is 14.3. The van der Waals surface area contributed by atoms with E-state index in [1.807, 2.05) is 6.07 Å². The minimum atomic E-state index is -3.66. The van der Waals surface area contributed by atoms with E-state index in [0.29, 0.717) is 17.9 Å². The van der Waals surface area contributed by atoms with Crippen molar-refractivity contribution in [2.45, 2.75) is 17.0 Å². The maximum absolute atomic E-state index is 12.6.